The fourth-order valence-corrected chi connectivity index (χ4v) is 1.16. The zero-order valence-corrected chi connectivity index (χ0v) is 7.73. The average molecular weight is 259 g/mol. The van der Waals surface area contributed by atoms with Gasteiger partial charge in [0.25, 0.3) is 6.43 Å². The zero-order valence-electron chi connectivity index (χ0n) is 7.73. The van der Waals surface area contributed by atoms with Crippen LogP contribution in [0, 0.1) is 5.95 Å². The van der Waals surface area contributed by atoms with Crippen molar-refractivity contribution < 1.29 is 36.2 Å². The highest BCUT2D eigenvalue weighted by Crippen LogP contribution is 2.38. The minimum Gasteiger partial charge on any atom is -0.478 e. The maximum Gasteiger partial charge on any atom is 0.418 e. The molecule has 0 unspecified atom stereocenters. The summed E-state index contributed by atoms with van der Waals surface area (Å²) in [5.41, 5.74) is -5.65. The number of aromatic carboxylic acids is 1. The van der Waals surface area contributed by atoms with Gasteiger partial charge in [0.15, 0.2) is 0 Å². The Balaban J connectivity index is 3.65. The molecule has 0 saturated carbocycles. The fourth-order valence-electron chi connectivity index (χ4n) is 1.16. The SMILES string of the molecule is O=C(O)c1c(F)ncc(C(F)(F)F)c1C(F)F. The van der Waals surface area contributed by atoms with Crippen molar-refractivity contribution in [3.8, 4) is 0 Å². The van der Waals surface area contributed by atoms with Gasteiger partial charge in [-0.2, -0.15) is 17.6 Å². The van der Waals surface area contributed by atoms with Crippen LogP contribution in [0.2, 0.25) is 0 Å². The van der Waals surface area contributed by atoms with E-state index < -0.39 is 41.2 Å². The molecule has 0 aliphatic heterocycles. The van der Waals surface area contributed by atoms with E-state index in [2.05, 4.69) is 4.98 Å². The molecule has 0 aliphatic rings. The summed E-state index contributed by atoms with van der Waals surface area (Å²) in [5, 5.41) is 8.40. The molecule has 0 aromatic carbocycles. The van der Waals surface area contributed by atoms with E-state index in [0.717, 1.165) is 0 Å². The number of aromatic nitrogens is 1. The summed E-state index contributed by atoms with van der Waals surface area (Å²) < 4.78 is 74.5. The van der Waals surface area contributed by atoms with Crippen LogP contribution >= 0.6 is 0 Å². The molecule has 9 heteroatoms. The van der Waals surface area contributed by atoms with Gasteiger partial charge in [0.1, 0.15) is 5.56 Å². The molecule has 0 spiro atoms. The van der Waals surface area contributed by atoms with Crippen molar-refractivity contribution in [2.24, 2.45) is 0 Å². The van der Waals surface area contributed by atoms with E-state index in [0.29, 0.717) is 0 Å². The molecule has 1 aromatic rings. The fraction of sp³-hybridized carbons (Fsp3) is 0.250. The number of alkyl halides is 5. The van der Waals surface area contributed by atoms with Crippen molar-refractivity contribution in [1.29, 1.82) is 0 Å². The number of hydrogen-bond acceptors (Lipinski definition) is 2. The van der Waals surface area contributed by atoms with E-state index in [1.54, 1.807) is 0 Å². The minimum atomic E-state index is -5.24. The van der Waals surface area contributed by atoms with Crippen LogP contribution in [0.1, 0.15) is 27.9 Å². The molecule has 0 amide bonds. The van der Waals surface area contributed by atoms with E-state index >= 15 is 0 Å². The summed E-state index contributed by atoms with van der Waals surface area (Å²) in [5.74, 6) is -4.13. The summed E-state index contributed by atoms with van der Waals surface area (Å²) in [6, 6.07) is 0. The van der Waals surface area contributed by atoms with Gasteiger partial charge in [0, 0.05) is 6.20 Å². The normalized spacial score (nSPS) is 11.9. The summed E-state index contributed by atoms with van der Waals surface area (Å²) in [6.07, 6.45) is -9.19. The monoisotopic (exact) mass is 259 g/mol. The Hall–Kier alpha value is -1.80. The molecule has 0 fully saturated rings. The van der Waals surface area contributed by atoms with Crippen molar-refractivity contribution in [2.75, 3.05) is 0 Å². The van der Waals surface area contributed by atoms with E-state index in [-0.39, 0.29) is 6.20 Å². The highest BCUT2D eigenvalue weighted by Gasteiger charge is 2.40. The van der Waals surface area contributed by atoms with Crippen LogP contribution < -0.4 is 0 Å². The van der Waals surface area contributed by atoms with Crippen LogP contribution in [-0.2, 0) is 6.18 Å². The van der Waals surface area contributed by atoms with Crippen molar-refractivity contribution >= 4 is 5.97 Å². The van der Waals surface area contributed by atoms with Crippen LogP contribution in [-0.4, -0.2) is 16.1 Å². The number of carbonyl (C=O) groups is 1. The first-order valence-corrected chi connectivity index (χ1v) is 3.93. The third-order valence-corrected chi connectivity index (χ3v) is 1.81. The van der Waals surface area contributed by atoms with Gasteiger partial charge in [-0.25, -0.2) is 18.6 Å². The first-order chi connectivity index (χ1) is 7.66. The molecule has 0 saturated heterocycles. The third kappa shape index (κ3) is 2.48. The van der Waals surface area contributed by atoms with E-state index in [1.807, 2.05) is 0 Å². The van der Waals surface area contributed by atoms with Gasteiger partial charge in [-0.15, -0.1) is 0 Å². The summed E-state index contributed by atoms with van der Waals surface area (Å²) in [7, 11) is 0. The number of hydrogen-bond donors (Lipinski definition) is 1. The van der Waals surface area contributed by atoms with Gasteiger partial charge in [-0.05, 0) is 0 Å². The maximum absolute atomic E-state index is 12.8. The number of carboxylic acids is 1. The molecule has 0 bridgehead atoms. The molecule has 94 valence electrons. The molecule has 1 aromatic heterocycles. The van der Waals surface area contributed by atoms with Crippen LogP contribution in [0.5, 0.6) is 0 Å². The van der Waals surface area contributed by atoms with Gasteiger partial charge >= 0.3 is 12.1 Å². The Morgan fingerprint density at radius 1 is 1.35 bits per heavy atom. The van der Waals surface area contributed by atoms with Crippen molar-refractivity contribution in [3.05, 3.63) is 28.8 Å². The van der Waals surface area contributed by atoms with Crippen LogP contribution in [0.4, 0.5) is 26.3 Å². The molecule has 17 heavy (non-hydrogen) atoms. The third-order valence-electron chi connectivity index (χ3n) is 1.81. The predicted octanol–water partition coefficient (Wildman–Crippen LogP) is 2.88. The Labute approximate surface area is 89.7 Å². The number of pyridine rings is 1. The van der Waals surface area contributed by atoms with Crippen LogP contribution in [0.25, 0.3) is 0 Å². The quantitative estimate of drug-likeness (QED) is 0.656. The Morgan fingerprint density at radius 3 is 2.24 bits per heavy atom. The van der Waals surface area contributed by atoms with Gasteiger partial charge in [-0.1, -0.05) is 0 Å². The van der Waals surface area contributed by atoms with Gasteiger partial charge in [0.2, 0.25) is 5.95 Å². The highest BCUT2D eigenvalue weighted by molar-refractivity contribution is 5.89. The lowest BCUT2D eigenvalue weighted by Crippen LogP contribution is -2.17. The van der Waals surface area contributed by atoms with E-state index in [4.69, 9.17) is 5.11 Å². The molecular weight excluding hydrogens is 256 g/mol. The molecule has 3 nitrogen and oxygen atoms in total. The molecule has 1 heterocycles. The lowest BCUT2D eigenvalue weighted by Gasteiger charge is -2.14. The Kier molecular flexibility index (Phi) is 3.30. The minimum absolute atomic E-state index is 0.163. The maximum atomic E-state index is 12.8. The summed E-state index contributed by atoms with van der Waals surface area (Å²) >= 11 is 0. The van der Waals surface area contributed by atoms with E-state index in [1.165, 1.54) is 0 Å². The van der Waals surface area contributed by atoms with Crippen molar-refractivity contribution in [3.63, 3.8) is 0 Å². The first kappa shape index (κ1) is 13.3. The van der Waals surface area contributed by atoms with Crippen LogP contribution in [0.3, 0.4) is 0 Å². The second-order valence-electron chi connectivity index (χ2n) is 2.85. The van der Waals surface area contributed by atoms with Gasteiger partial charge in [-0.3, -0.25) is 0 Å². The Bertz CT molecular complexity index is 456. The molecular formula is C8H3F6NO2. The number of halogens is 6. The van der Waals surface area contributed by atoms with Gasteiger partial charge < -0.3 is 5.11 Å². The molecule has 1 N–H and O–H groups in total. The van der Waals surface area contributed by atoms with E-state index in [9.17, 15) is 31.1 Å². The summed E-state index contributed by atoms with van der Waals surface area (Å²) in [6.45, 7) is 0. The van der Waals surface area contributed by atoms with Crippen LogP contribution in [0.15, 0.2) is 6.20 Å². The molecule has 0 aliphatic carbocycles. The number of rotatable bonds is 2. The average Bonchev–Trinajstić information content (AvgIpc) is 2.14. The number of carboxylic acid groups (broad SMARTS) is 1. The topological polar surface area (TPSA) is 50.2 Å². The first-order valence-electron chi connectivity index (χ1n) is 3.93. The van der Waals surface area contributed by atoms with Crippen molar-refractivity contribution in [1.82, 2.24) is 4.98 Å². The molecule has 0 atom stereocenters. The zero-order chi connectivity index (χ0) is 13.4. The predicted molar refractivity (Wildman–Crippen MR) is 41.1 cm³/mol. The van der Waals surface area contributed by atoms with Gasteiger partial charge in [0.05, 0.1) is 11.1 Å². The Morgan fingerprint density at radius 2 is 1.88 bits per heavy atom. The standard InChI is InChI=1S/C8H3F6NO2/c9-5(10)3-2(8(12,13)14)1-15-6(11)4(3)7(16)17/h1,5H,(H,16,17). The molecule has 1 rings (SSSR count). The summed E-state index contributed by atoms with van der Waals surface area (Å²) in [4.78, 5) is 13.0. The second kappa shape index (κ2) is 4.22. The lowest BCUT2D eigenvalue weighted by atomic mass is 10.0. The largest absolute Gasteiger partial charge is 0.478 e. The molecule has 0 radical (unpaired) electrons. The second-order valence-corrected chi connectivity index (χ2v) is 2.85. The smallest absolute Gasteiger partial charge is 0.418 e. The lowest BCUT2D eigenvalue weighted by molar-refractivity contribution is -0.139. The van der Waals surface area contributed by atoms with Crippen molar-refractivity contribution in [2.45, 2.75) is 12.6 Å². The highest BCUT2D eigenvalue weighted by atomic mass is 19.4. The number of nitrogens with zero attached hydrogens (tertiary/aromatic N) is 1.